The maximum atomic E-state index is 12.0. The summed E-state index contributed by atoms with van der Waals surface area (Å²) in [7, 11) is 0. The molecule has 1 aromatic carbocycles. The number of hydrogen-bond acceptors (Lipinski definition) is 6. The topological polar surface area (TPSA) is 92.9 Å². The van der Waals surface area contributed by atoms with E-state index in [0.717, 1.165) is 22.2 Å². The van der Waals surface area contributed by atoms with Crippen molar-refractivity contribution in [3.05, 3.63) is 60.7 Å². The molecule has 0 bridgehead atoms. The van der Waals surface area contributed by atoms with Gasteiger partial charge in [-0.1, -0.05) is 18.2 Å². The molecule has 130 valence electrons. The van der Waals surface area contributed by atoms with Gasteiger partial charge in [-0.05, 0) is 24.3 Å². The van der Waals surface area contributed by atoms with E-state index < -0.39 is 0 Å². The molecule has 0 saturated heterocycles. The van der Waals surface area contributed by atoms with Crippen LogP contribution in [0.25, 0.3) is 22.1 Å². The summed E-state index contributed by atoms with van der Waals surface area (Å²) in [5, 5.41) is 6.95. The Bertz CT molecular complexity index is 1050. The summed E-state index contributed by atoms with van der Waals surface area (Å²) in [6.45, 7) is 0.859. The second kappa shape index (κ2) is 7.18. The molecule has 4 rings (SSSR count). The van der Waals surface area contributed by atoms with Crippen LogP contribution >= 0.6 is 0 Å². The Balaban J connectivity index is 1.38. The van der Waals surface area contributed by atoms with E-state index >= 15 is 0 Å². The number of pyridine rings is 1. The Hall–Kier alpha value is -3.48. The Morgan fingerprint density at radius 3 is 2.81 bits per heavy atom. The third-order valence-corrected chi connectivity index (χ3v) is 4.00. The zero-order chi connectivity index (χ0) is 17.8. The lowest BCUT2D eigenvalue weighted by Gasteiger charge is -2.06. The van der Waals surface area contributed by atoms with Crippen LogP contribution in [-0.4, -0.2) is 27.4 Å². The molecule has 4 aromatic rings. The molecule has 3 aromatic heterocycles. The zero-order valence-electron chi connectivity index (χ0n) is 14.0. The van der Waals surface area contributed by atoms with E-state index in [0.29, 0.717) is 30.9 Å². The fourth-order valence-electron chi connectivity index (χ4n) is 2.72. The number of hydrogen-bond donors (Lipinski definition) is 2. The van der Waals surface area contributed by atoms with Crippen molar-refractivity contribution in [3.8, 4) is 0 Å². The number of anilines is 1. The first-order valence-electron chi connectivity index (χ1n) is 8.34. The van der Waals surface area contributed by atoms with E-state index in [4.69, 9.17) is 4.42 Å². The number of benzene rings is 1. The normalized spacial score (nSPS) is 10.9. The maximum Gasteiger partial charge on any atom is 0.222 e. The number of aromatic nitrogens is 3. The second-order valence-electron chi connectivity index (χ2n) is 5.77. The van der Waals surface area contributed by atoms with E-state index in [2.05, 4.69) is 25.6 Å². The standard InChI is InChI=1S/C19H17N5O2/c25-16(22-11-13-5-3-4-9-20-13)8-10-21-19-18-17(23-12-24-19)14-6-1-2-7-15(14)26-18/h1-7,9,12H,8,10-11H2,(H,22,25)(H,21,23,24). The molecule has 26 heavy (non-hydrogen) atoms. The van der Waals surface area contributed by atoms with Crippen LogP contribution in [0.3, 0.4) is 0 Å². The Morgan fingerprint density at radius 1 is 1.04 bits per heavy atom. The van der Waals surface area contributed by atoms with Crippen LogP contribution in [0.15, 0.2) is 59.4 Å². The first-order valence-corrected chi connectivity index (χ1v) is 8.34. The SMILES string of the molecule is O=C(CCNc1ncnc2c1oc1ccccc12)NCc1ccccn1. The first kappa shape index (κ1) is 16.0. The summed E-state index contributed by atoms with van der Waals surface area (Å²) in [6, 6.07) is 13.3. The summed E-state index contributed by atoms with van der Waals surface area (Å²) < 4.78 is 5.85. The van der Waals surface area contributed by atoms with Gasteiger partial charge in [0, 0.05) is 24.5 Å². The summed E-state index contributed by atoms with van der Waals surface area (Å²) in [6.07, 6.45) is 3.52. The molecule has 7 nitrogen and oxygen atoms in total. The smallest absolute Gasteiger partial charge is 0.222 e. The van der Waals surface area contributed by atoms with Crippen molar-refractivity contribution in [1.82, 2.24) is 20.3 Å². The molecule has 0 aliphatic rings. The van der Waals surface area contributed by atoms with E-state index in [1.54, 1.807) is 6.20 Å². The molecule has 0 radical (unpaired) electrons. The quantitative estimate of drug-likeness (QED) is 0.557. The number of nitrogens with zero attached hydrogens (tertiary/aromatic N) is 3. The number of carbonyl (C=O) groups is 1. The van der Waals surface area contributed by atoms with Crippen LogP contribution in [0, 0.1) is 0 Å². The van der Waals surface area contributed by atoms with Gasteiger partial charge in [0.15, 0.2) is 11.4 Å². The summed E-state index contributed by atoms with van der Waals surface area (Å²) >= 11 is 0. The van der Waals surface area contributed by atoms with Gasteiger partial charge in [-0.15, -0.1) is 0 Å². The molecular formula is C19H17N5O2. The highest BCUT2D eigenvalue weighted by molar-refractivity contribution is 6.05. The van der Waals surface area contributed by atoms with Gasteiger partial charge in [-0.3, -0.25) is 9.78 Å². The molecule has 0 unspecified atom stereocenters. The number of furan rings is 1. The third kappa shape index (κ3) is 3.32. The predicted molar refractivity (Wildman–Crippen MR) is 98.5 cm³/mol. The van der Waals surface area contributed by atoms with Crippen molar-refractivity contribution in [1.29, 1.82) is 0 Å². The molecule has 7 heteroatoms. The highest BCUT2D eigenvalue weighted by Crippen LogP contribution is 2.30. The largest absolute Gasteiger partial charge is 0.450 e. The van der Waals surface area contributed by atoms with Gasteiger partial charge in [0.25, 0.3) is 0 Å². The Morgan fingerprint density at radius 2 is 1.92 bits per heavy atom. The highest BCUT2D eigenvalue weighted by Gasteiger charge is 2.12. The first-order chi connectivity index (χ1) is 12.8. The minimum absolute atomic E-state index is 0.0574. The predicted octanol–water partition coefficient (Wildman–Crippen LogP) is 2.89. The van der Waals surface area contributed by atoms with Crippen LogP contribution in [0.2, 0.25) is 0 Å². The molecule has 0 aliphatic heterocycles. The van der Waals surface area contributed by atoms with Crippen molar-refractivity contribution in [2.45, 2.75) is 13.0 Å². The van der Waals surface area contributed by atoms with Gasteiger partial charge in [0.2, 0.25) is 5.91 Å². The average molecular weight is 347 g/mol. The fourth-order valence-corrected chi connectivity index (χ4v) is 2.72. The van der Waals surface area contributed by atoms with Crippen molar-refractivity contribution in [3.63, 3.8) is 0 Å². The molecule has 2 N–H and O–H groups in total. The van der Waals surface area contributed by atoms with Gasteiger partial charge in [0.05, 0.1) is 12.2 Å². The summed E-state index contributed by atoms with van der Waals surface area (Å²) in [5.74, 6) is 0.529. The van der Waals surface area contributed by atoms with Crippen LogP contribution in [0.4, 0.5) is 5.82 Å². The van der Waals surface area contributed by atoms with Crippen LogP contribution in [0.1, 0.15) is 12.1 Å². The zero-order valence-corrected chi connectivity index (χ0v) is 14.0. The van der Waals surface area contributed by atoms with Crippen molar-refractivity contribution >= 4 is 33.8 Å². The van der Waals surface area contributed by atoms with Crippen molar-refractivity contribution < 1.29 is 9.21 Å². The number of amides is 1. The molecule has 1 amide bonds. The molecule has 0 aliphatic carbocycles. The molecule has 0 spiro atoms. The van der Waals surface area contributed by atoms with Gasteiger partial charge in [-0.2, -0.15) is 0 Å². The number of nitrogens with one attached hydrogen (secondary N) is 2. The van der Waals surface area contributed by atoms with Crippen LogP contribution in [0.5, 0.6) is 0 Å². The summed E-state index contributed by atoms with van der Waals surface area (Å²) in [4.78, 5) is 24.7. The Labute approximate surface area is 149 Å². The van der Waals surface area contributed by atoms with Gasteiger partial charge >= 0.3 is 0 Å². The monoisotopic (exact) mass is 347 g/mol. The lowest BCUT2D eigenvalue weighted by Crippen LogP contribution is -2.25. The van der Waals surface area contributed by atoms with Gasteiger partial charge < -0.3 is 15.1 Å². The molecule has 0 fully saturated rings. The minimum Gasteiger partial charge on any atom is -0.450 e. The average Bonchev–Trinajstić information content (AvgIpc) is 3.07. The lowest BCUT2D eigenvalue weighted by atomic mass is 10.2. The van der Waals surface area contributed by atoms with Crippen LogP contribution < -0.4 is 10.6 Å². The van der Waals surface area contributed by atoms with E-state index in [-0.39, 0.29) is 5.91 Å². The number of carbonyl (C=O) groups excluding carboxylic acids is 1. The number of para-hydroxylation sites is 1. The number of fused-ring (bicyclic) bond motifs is 3. The summed E-state index contributed by atoms with van der Waals surface area (Å²) in [5.41, 5.74) is 2.95. The maximum absolute atomic E-state index is 12.0. The lowest BCUT2D eigenvalue weighted by molar-refractivity contribution is -0.121. The van der Waals surface area contributed by atoms with E-state index in [1.807, 2.05) is 42.5 Å². The Kier molecular flexibility index (Phi) is 4.42. The number of rotatable bonds is 6. The third-order valence-electron chi connectivity index (χ3n) is 4.00. The van der Waals surface area contributed by atoms with Crippen LogP contribution in [-0.2, 0) is 11.3 Å². The van der Waals surface area contributed by atoms with Gasteiger partial charge in [-0.25, -0.2) is 9.97 Å². The van der Waals surface area contributed by atoms with Crippen molar-refractivity contribution in [2.75, 3.05) is 11.9 Å². The molecular weight excluding hydrogens is 330 g/mol. The van der Waals surface area contributed by atoms with Gasteiger partial charge in [0.1, 0.15) is 17.4 Å². The fraction of sp³-hybridized carbons (Fsp3) is 0.158. The minimum atomic E-state index is -0.0574. The highest BCUT2D eigenvalue weighted by atomic mass is 16.3. The molecule has 3 heterocycles. The molecule has 0 atom stereocenters. The van der Waals surface area contributed by atoms with Crippen molar-refractivity contribution in [2.24, 2.45) is 0 Å². The van der Waals surface area contributed by atoms with E-state index in [1.165, 1.54) is 6.33 Å². The van der Waals surface area contributed by atoms with E-state index in [9.17, 15) is 4.79 Å². The second-order valence-corrected chi connectivity index (χ2v) is 5.77. The molecule has 0 saturated carbocycles.